The third-order valence-electron chi connectivity index (χ3n) is 5.01. The molecule has 1 aliphatic carbocycles. The summed E-state index contributed by atoms with van der Waals surface area (Å²) in [7, 11) is 0. The van der Waals surface area contributed by atoms with Crippen LogP contribution in [0.2, 0.25) is 0 Å². The summed E-state index contributed by atoms with van der Waals surface area (Å²) >= 11 is 0. The fourth-order valence-electron chi connectivity index (χ4n) is 3.56. The molecule has 2 fully saturated rings. The summed E-state index contributed by atoms with van der Waals surface area (Å²) in [6.07, 6.45) is -1.13. The van der Waals surface area contributed by atoms with Gasteiger partial charge >= 0.3 is 6.18 Å². The lowest BCUT2D eigenvalue weighted by Gasteiger charge is -2.39. The van der Waals surface area contributed by atoms with Crippen molar-refractivity contribution < 1.29 is 18.0 Å². The molecule has 1 saturated heterocycles. The summed E-state index contributed by atoms with van der Waals surface area (Å²) in [4.78, 5) is 13.7. The molecule has 1 amide bonds. The van der Waals surface area contributed by atoms with Crippen molar-refractivity contribution in [3.05, 3.63) is 0 Å². The minimum atomic E-state index is -4.36. The van der Waals surface area contributed by atoms with E-state index in [1.807, 2.05) is 6.92 Å². The van der Waals surface area contributed by atoms with Crippen molar-refractivity contribution >= 4 is 5.91 Å². The predicted octanol–water partition coefficient (Wildman–Crippen LogP) is 0.846. The zero-order valence-electron chi connectivity index (χ0n) is 13.6. The minimum absolute atomic E-state index is 0.331. The summed E-state index contributed by atoms with van der Waals surface area (Å²) in [5, 5.41) is 5.55. The zero-order valence-corrected chi connectivity index (χ0v) is 13.6. The van der Waals surface area contributed by atoms with Crippen LogP contribution in [-0.2, 0) is 4.79 Å². The second kappa shape index (κ2) is 7.36. The smallest absolute Gasteiger partial charge is 0.354 e. The molecule has 4 N–H and O–H groups in total. The fourth-order valence-corrected chi connectivity index (χ4v) is 3.56. The normalized spacial score (nSPS) is 31.6. The molecule has 1 aliphatic heterocycles. The number of amides is 1. The van der Waals surface area contributed by atoms with Crippen molar-refractivity contribution in [1.29, 1.82) is 0 Å². The van der Waals surface area contributed by atoms with Gasteiger partial charge in [0.1, 0.15) is 6.04 Å². The molecule has 1 saturated carbocycles. The number of carbonyl (C=O) groups excluding carboxylic acids is 1. The highest BCUT2D eigenvalue weighted by molar-refractivity contribution is 5.80. The van der Waals surface area contributed by atoms with Gasteiger partial charge in [-0.05, 0) is 19.8 Å². The molecule has 0 bridgehead atoms. The molecule has 8 heteroatoms. The monoisotopic (exact) mass is 336 g/mol. The molecular weight excluding hydrogens is 309 g/mol. The highest BCUT2D eigenvalue weighted by Crippen LogP contribution is 2.32. The van der Waals surface area contributed by atoms with Crippen LogP contribution in [0.25, 0.3) is 0 Å². The zero-order chi connectivity index (χ0) is 17.1. The molecule has 0 aromatic heterocycles. The first kappa shape index (κ1) is 18.5. The molecule has 2 rings (SSSR count). The molecule has 23 heavy (non-hydrogen) atoms. The van der Waals surface area contributed by atoms with E-state index in [9.17, 15) is 18.0 Å². The largest absolute Gasteiger partial charge is 0.405 e. The maximum absolute atomic E-state index is 13.3. The van der Waals surface area contributed by atoms with Crippen LogP contribution in [0.1, 0.15) is 32.6 Å². The fraction of sp³-hybridized carbons (Fsp3) is 0.933. The predicted molar refractivity (Wildman–Crippen MR) is 81.8 cm³/mol. The number of alkyl halides is 3. The molecule has 3 atom stereocenters. The summed E-state index contributed by atoms with van der Waals surface area (Å²) in [5.41, 5.74) is 5.52. The molecule has 2 aliphatic rings. The number of nitrogens with two attached hydrogens (primary N) is 1. The number of carbonyl (C=O) groups is 1. The first-order valence-electron chi connectivity index (χ1n) is 8.30. The van der Waals surface area contributed by atoms with Crippen LogP contribution in [-0.4, -0.2) is 61.3 Å². The van der Waals surface area contributed by atoms with Gasteiger partial charge in [0, 0.05) is 38.3 Å². The van der Waals surface area contributed by atoms with Crippen LogP contribution < -0.4 is 16.4 Å². The summed E-state index contributed by atoms with van der Waals surface area (Å²) < 4.78 is 39.9. The molecule has 5 nitrogen and oxygen atoms in total. The van der Waals surface area contributed by atoms with Crippen molar-refractivity contribution in [2.45, 2.75) is 50.4 Å². The number of halogens is 3. The number of nitrogens with zero attached hydrogens (tertiary/aromatic N) is 1. The Morgan fingerprint density at radius 1 is 1.39 bits per heavy atom. The summed E-state index contributed by atoms with van der Waals surface area (Å²) in [6.45, 7) is 3.13. The third-order valence-corrected chi connectivity index (χ3v) is 5.01. The molecular formula is C15H27F3N4O. The molecule has 0 spiro atoms. The number of hydrogen-bond donors (Lipinski definition) is 3. The van der Waals surface area contributed by atoms with E-state index in [-0.39, 0.29) is 5.91 Å². The van der Waals surface area contributed by atoms with Crippen molar-refractivity contribution in [2.75, 3.05) is 32.7 Å². The maximum Gasteiger partial charge on any atom is 0.405 e. The quantitative estimate of drug-likeness (QED) is 0.712. The number of hydrogen-bond acceptors (Lipinski definition) is 4. The Kier molecular flexibility index (Phi) is 5.91. The molecule has 1 heterocycles. The topological polar surface area (TPSA) is 70.4 Å². The number of piperazine rings is 1. The highest BCUT2D eigenvalue weighted by atomic mass is 19.4. The Balaban J connectivity index is 1.96. The van der Waals surface area contributed by atoms with Gasteiger partial charge in [-0.25, -0.2) is 0 Å². The molecule has 134 valence electrons. The Hall–Kier alpha value is -0.860. The summed E-state index contributed by atoms with van der Waals surface area (Å²) in [5.74, 6) is -0.757. The van der Waals surface area contributed by atoms with Crippen LogP contribution in [0.15, 0.2) is 0 Å². The second-order valence-electron chi connectivity index (χ2n) is 6.89. The van der Waals surface area contributed by atoms with Gasteiger partial charge in [-0.15, -0.1) is 0 Å². The van der Waals surface area contributed by atoms with E-state index in [2.05, 4.69) is 10.6 Å². The Morgan fingerprint density at radius 2 is 2.04 bits per heavy atom. The van der Waals surface area contributed by atoms with Gasteiger partial charge in [0.05, 0.1) is 5.92 Å². The van der Waals surface area contributed by atoms with Gasteiger partial charge in [-0.2, -0.15) is 13.2 Å². The number of nitrogens with one attached hydrogen (secondary N) is 2. The van der Waals surface area contributed by atoms with Crippen molar-refractivity contribution in [1.82, 2.24) is 15.5 Å². The Bertz CT molecular complexity index is 408. The lowest BCUT2D eigenvalue weighted by atomic mass is 9.74. The SMILES string of the molecule is CC1(N)CCCCC1C(=O)NCC(N1CCNCC1)C(F)(F)F. The van der Waals surface area contributed by atoms with Gasteiger partial charge < -0.3 is 16.4 Å². The van der Waals surface area contributed by atoms with Crippen molar-refractivity contribution in [3.8, 4) is 0 Å². The van der Waals surface area contributed by atoms with E-state index in [4.69, 9.17) is 5.73 Å². The van der Waals surface area contributed by atoms with Gasteiger partial charge in [-0.3, -0.25) is 9.69 Å². The molecule has 0 aromatic carbocycles. The van der Waals surface area contributed by atoms with Crippen LogP contribution in [0, 0.1) is 5.92 Å². The van der Waals surface area contributed by atoms with Gasteiger partial charge in [-0.1, -0.05) is 12.8 Å². The highest BCUT2D eigenvalue weighted by Gasteiger charge is 2.45. The number of rotatable bonds is 4. The van der Waals surface area contributed by atoms with Crippen molar-refractivity contribution in [2.24, 2.45) is 11.7 Å². The average molecular weight is 336 g/mol. The van der Waals surface area contributed by atoms with Crippen LogP contribution >= 0.6 is 0 Å². The lowest BCUT2D eigenvalue weighted by molar-refractivity contribution is -0.184. The summed E-state index contributed by atoms with van der Waals surface area (Å²) in [6, 6.07) is -1.64. The Morgan fingerprint density at radius 3 is 2.61 bits per heavy atom. The van der Waals surface area contributed by atoms with E-state index in [0.717, 1.165) is 19.3 Å². The third kappa shape index (κ3) is 4.81. The van der Waals surface area contributed by atoms with E-state index >= 15 is 0 Å². The van der Waals surface area contributed by atoms with Crippen molar-refractivity contribution in [3.63, 3.8) is 0 Å². The maximum atomic E-state index is 13.3. The average Bonchev–Trinajstić information content (AvgIpc) is 2.46. The van der Waals surface area contributed by atoms with Gasteiger partial charge in [0.15, 0.2) is 0 Å². The van der Waals surface area contributed by atoms with Gasteiger partial charge in [0.2, 0.25) is 5.91 Å². The van der Waals surface area contributed by atoms with Gasteiger partial charge in [0.25, 0.3) is 0 Å². The van der Waals surface area contributed by atoms with Crippen LogP contribution in [0.3, 0.4) is 0 Å². The second-order valence-corrected chi connectivity index (χ2v) is 6.89. The molecule has 0 aromatic rings. The first-order chi connectivity index (χ1) is 10.7. The minimum Gasteiger partial charge on any atom is -0.354 e. The molecule has 3 unspecified atom stereocenters. The Labute approximate surface area is 135 Å². The van der Waals surface area contributed by atoms with Crippen LogP contribution in [0.5, 0.6) is 0 Å². The van der Waals surface area contributed by atoms with E-state index in [1.54, 1.807) is 0 Å². The van der Waals surface area contributed by atoms with Crippen LogP contribution in [0.4, 0.5) is 13.2 Å². The standard InChI is InChI=1S/C15H27F3N4O/c1-14(19)5-3-2-4-11(14)13(23)21-10-12(15(16,17)18)22-8-6-20-7-9-22/h11-12,20H,2-10,19H2,1H3,(H,21,23). The van der Waals surface area contributed by atoms with E-state index < -0.39 is 30.2 Å². The molecule has 0 radical (unpaired) electrons. The van der Waals surface area contributed by atoms with E-state index in [1.165, 1.54) is 4.90 Å². The van der Waals surface area contributed by atoms with E-state index in [0.29, 0.717) is 32.6 Å². The lowest BCUT2D eigenvalue weighted by Crippen LogP contribution is -2.59. The first-order valence-corrected chi connectivity index (χ1v) is 8.30.